The lowest BCUT2D eigenvalue weighted by molar-refractivity contribution is -0.133. The number of fused-ring (bicyclic) bond motifs is 1. The fourth-order valence-electron chi connectivity index (χ4n) is 4.03. The maximum atomic E-state index is 14.4. The van der Waals surface area contributed by atoms with E-state index in [9.17, 15) is 22.4 Å². The molecular weight excluding hydrogens is 548 g/mol. The second-order valence-corrected chi connectivity index (χ2v) is 9.34. The van der Waals surface area contributed by atoms with Crippen LogP contribution in [-0.2, 0) is 16.0 Å². The lowest BCUT2D eigenvalue weighted by Gasteiger charge is -2.27. The number of halogens is 4. The third-order valence-electron chi connectivity index (χ3n) is 6.20. The van der Waals surface area contributed by atoms with E-state index in [1.54, 1.807) is 19.3 Å². The number of carbonyl (C=O) groups is 1. The Hall–Kier alpha value is -3.95. The number of amides is 1. The number of anilines is 1. The Morgan fingerprint density at radius 2 is 1.98 bits per heavy atom. The van der Waals surface area contributed by atoms with Gasteiger partial charge in [-0.2, -0.15) is 13.2 Å². The number of hydrogen-bond donors (Lipinski definition) is 3. The first-order chi connectivity index (χ1) is 19.9. The maximum Gasteiger partial charge on any atom is 0.406 e. The van der Waals surface area contributed by atoms with Crippen molar-refractivity contribution >= 4 is 11.6 Å². The Labute approximate surface area is 247 Å². The van der Waals surface area contributed by atoms with Crippen LogP contribution in [0.4, 0.5) is 23.2 Å². The van der Waals surface area contributed by atoms with E-state index < -0.39 is 30.5 Å². The number of nitrogens with one attached hydrogen (secondary N) is 2. The van der Waals surface area contributed by atoms with Gasteiger partial charge in [0.1, 0.15) is 18.4 Å². The SMILES string of the molecule is C=C/C=C(\C=C(/C)OC)NC(/C=C\C(C)/C(N)=C/NC1CCc2c(F)cccc2N(CC(F)(F)F)C1=O)=C/CC.CC. The quantitative estimate of drug-likeness (QED) is 0.137. The van der Waals surface area contributed by atoms with Gasteiger partial charge in [0.15, 0.2) is 0 Å². The first-order valence-corrected chi connectivity index (χ1v) is 14.0. The minimum atomic E-state index is -4.65. The van der Waals surface area contributed by atoms with Gasteiger partial charge in [0.05, 0.1) is 18.6 Å². The van der Waals surface area contributed by atoms with E-state index in [1.807, 2.05) is 58.9 Å². The van der Waals surface area contributed by atoms with Crippen LogP contribution in [0.3, 0.4) is 0 Å². The van der Waals surface area contributed by atoms with Crippen LogP contribution >= 0.6 is 0 Å². The van der Waals surface area contributed by atoms with Crippen molar-refractivity contribution in [1.29, 1.82) is 0 Å². The van der Waals surface area contributed by atoms with Crippen molar-refractivity contribution in [2.75, 3.05) is 18.6 Å². The number of ether oxygens (including phenoxy) is 1. The van der Waals surface area contributed by atoms with Crippen LogP contribution in [0, 0.1) is 11.7 Å². The van der Waals surface area contributed by atoms with Crippen molar-refractivity contribution in [2.45, 2.75) is 66.1 Å². The van der Waals surface area contributed by atoms with Gasteiger partial charge >= 0.3 is 6.18 Å². The van der Waals surface area contributed by atoms with Gasteiger partial charge in [0, 0.05) is 34.8 Å². The van der Waals surface area contributed by atoms with Crippen molar-refractivity contribution in [2.24, 2.45) is 11.7 Å². The number of carbonyl (C=O) groups excluding carboxylic acids is 1. The average Bonchev–Trinajstić information content (AvgIpc) is 3.07. The molecule has 0 radical (unpaired) electrons. The predicted molar refractivity (Wildman–Crippen MR) is 163 cm³/mol. The van der Waals surface area contributed by atoms with Crippen LogP contribution in [0.15, 0.2) is 90.3 Å². The van der Waals surface area contributed by atoms with Gasteiger partial charge in [0.2, 0.25) is 5.91 Å². The van der Waals surface area contributed by atoms with Gasteiger partial charge in [-0.3, -0.25) is 4.79 Å². The topological polar surface area (TPSA) is 79.6 Å². The molecule has 42 heavy (non-hydrogen) atoms. The second kappa shape index (κ2) is 17.8. The summed E-state index contributed by atoms with van der Waals surface area (Å²) in [6, 6.07) is 2.80. The van der Waals surface area contributed by atoms with Crippen molar-refractivity contribution in [3.05, 3.63) is 102 Å². The summed E-state index contributed by atoms with van der Waals surface area (Å²) in [5, 5.41) is 6.19. The normalized spacial score (nSPS) is 17.6. The molecule has 6 nitrogen and oxygen atoms in total. The Bertz CT molecular complexity index is 1200. The van der Waals surface area contributed by atoms with Crippen molar-refractivity contribution in [3.63, 3.8) is 0 Å². The predicted octanol–water partition coefficient (Wildman–Crippen LogP) is 7.15. The molecular formula is C32H44F4N4O2. The number of methoxy groups -OCH3 is 1. The highest BCUT2D eigenvalue weighted by Gasteiger charge is 2.39. The van der Waals surface area contributed by atoms with Crippen molar-refractivity contribution in [1.82, 2.24) is 10.6 Å². The number of rotatable bonds is 12. The van der Waals surface area contributed by atoms with Gasteiger partial charge < -0.3 is 26.0 Å². The van der Waals surface area contributed by atoms with E-state index in [0.717, 1.165) is 17.8 Å². The molecule has 0 aromatic heterocycles. The second-order valence-electron chi connectivity index (χ2n) is 9.34. The zero-order valence-electron chi connectivity index (χ0n) is 25.3. The molecule has 0 aliphatic carbocycles. The summed E-state index contributed by atoms with van der Waals surface area (Å²) in [6.07, 6.45) is 8.74. The molecule has 0 spiro atoms. The number of hydrogen-bond acceptors (Lipinski definition) is 5. The third-order valence-corrected chi connectivity index (χ3v) is 6.20. The molecule has 1 aromatic rings. The van der Waals surface area contributed by atoms with Crippen LogP contribution in [-0.4, -0.2) is 31.8 Å². The first kappa shape index (κ1) is 36.1. The van der Waals surface area contributed by atoms with Crippen molar-refractivity contribution < 1.29 is 27.1 Å². The van der Waals surface area contributed by atoms with Gasteiger partial charge in [-0.05, 0) is 56.5 Å². The van der Waals surface area contributed by atoms with E-state index in [0.29, 0.717) is 16.4 Å². The fourth-order valence-corrected chi connectivity index (χ4v) is 4.03. The lowest BCUT2D eigenvalue weighted by atomic mass is 10.0. The number of alkyl halides is 3. The molecule has 10 heteroatoms. The monoisotopic (exact) mass is 592 g/mol. The molecule has 4 N–H and O–H groups in total. The number of benzene rings is 1. The van der Waals surface area contributed by atoms with E-state index in [-0.39, 0.29) is 30.0 Å². The molecule has 1 aromatic carbocycles. The van der Waals surface area contributed by atoms with Gasteiger partial charge in [-0.1, -0.05) is 58.6 Å². The maximum absolute atomic E-state index is 14.4. The van der Waals surface area contributed by atoms with Crippen LogP contribution in [0.5, 0.6) is 0 Å². The van der Waals surface area contributed by atoms with Crippen molar-refractivity contribution in [3.8, 4) is 0 Å². The zero-order valence-corrected chi connectivity index (χ0v) is 25.3. The number of nitrogens with zero attached hydrogens (tertiary/aromatic N) is 1. The lowest BCUT2D eigenvalue weighted by Crippen LogP contribution is -2.48. The average molecular weight is 593 g/mol. The summed E-state index contributed by atoms with van der Waals surface area (Å²) in [4.78, 5) is 13.7. The smallest absolute Gasteiger partial charge is 0.406 e. The van der Waals surface area contributed by atoms with E-state index in [2.05, 4.69) is 17.2 Å². The van der Waals surface area contributed by atoms with Crippen LogP contribution in [0.1, 0.15) is 53.0 Å². The number of nitrogens with two attached hydrogens (primary N) is 1. The molecule has 0 saturated heterocycles. The van der Waals surface area contributed by atoms with Crippen LogP contribution in [0.25, 0.3) is 0 Å². The summed E-state index contributed by atoms with van der Waals surface area (Å²) in [5.74, 6) is -1.01. The largest absolute Gasteiger partial charge is 0.501 e. The summed E-state index contributed by atoms with van der Waals surface area (Å²) in [6.45, 7) is 11.9. The Balaban J connectivity index is 0.00000431. The van der Waals surface area contributed by atoms with Crippen LogP contribution < -0.4 is 21.3 Å². The summed E-state index contributed by atoms with van der Waals surface area (Å²) in [7, 11) is 1.58. The van der Waals surface area contributed by atoms with E-state index in [4.69, 9.17) is 10.5 Å². The minimum absolute atomic E-state index is 0.0666. The Morgan fingerprint density at radius 3 is 2.57 bits per heavy atom. The summed E-state index contributed by atoms with van der Waals surface area (Å²) < 4.78 is 59.6. The van der Waals surface area contributed by atoms with Gasteiger partial charge in [0.25, 0.3) is 0 Å². The molecule has 2 unspecified atom stereocenters. The molecule has 232 valence electrons. The molecule has 2 rings (SSSR count). The zero-order chi connectivity index (χ0) is 31.9. The van der Waals surface area contributed by atoms with Gasteiger partial charge in [-0.25, -0.2) is 4.39 Å². The molecule has 0 bridgehead atoms. The van der Waals surface area contributed by atoms with E-state index >= 15 is 0 Å². The van der Waals surface area contributed by atoms with Crippen LogP contribution in [0.2, 0.25) is 0 Å². The third kappa shape index (κ3) is 11.5. The summed E-state index contributed by atoms with van der Waals surface area (Å²) in [5.41, 5.74) is 8.21. The highest BCUT2D eigenvalue weighted by atomic mass is 19.4. The number of allylic oxidation sites excluding steroid dienone is 7. The summed E-state index contributed by atoms with van der Waals surface area (Å²) >= 11 is 0. The highest BCUT2D eigenvalue weighted by molar-refractivity contribution is 5.98. The molecule has 0 fully saturated rings. The van der Waals surface area contributed by atoms with E-state index in [1.165, 1.54) is 24.4 Å². The molecule has 1 aliphatic heterocycles. The molecule has 1 amide bonds. The molecule has 0 saturated carbocycles. The molecule has 2 atom stereocenters. The molecule has 1 heterocycles. The Kier molecular flexibility index (Phi) is 15.3. The minimum Gasteiger partial charge on any atom is -0.501 e. The fraction of sp³-hybridized carbons (Fsp3) is 0.406. The highest BCUT2D eigenvalue weighted by Crippen LogP contribution is 2.32. The van der Waals surface area contributed by atoms with Gasteiger partial charge in [-0.15, -0.1) is 0 Å². The standard InChI is InChI=1S/C30H38F4N4O2.C2H6/c1-6-9-22(37-23(10-7-2)17-21(4)40-5)14-13-20(3)26(35)18-36-27-16-15-24-25(31)11-8-12-28(24)38(29(27)39)19-30(32,33)34;1-2/h7-14,17-18,20,27,36-37H,2,6,15-16,19,35H2,1,3-5H3;1-2H3/b14-13-,21-17+,22-9+,23-10+,26-18-;. The Morgan fingerprint density at radius 1 is 1.29 bits per heavy atom. The first-order valence-electron chi connectivity index (χ1n) is 14.0. The molecule has 1 aliphatic rings.